The van der Waals surface area contributed by atoms with Crippen molar-refractivity contribution >= 4 is 31.2 Å². The molecule has 6 nitrogen and oxygen atoms in total. The highest BCUT2D eigenvalue weighted by Crippen LogP contribution is 2.55. The molecule has 140 valence electrons. The molecule has 0 aromatic heterocycles. The van der Waals surface area contributed by atoms with Crippen LogP contribution in [0.15, 0.2) is 0 Å². The first-order valence-corrected chi connectivity index (χ1v) is 8.51. The van der Waals surface area contributed by atoms with Gasteiger partial charge in [-0.2, -0.15) is 39.5 Å². The van der Waals surface area contributed by atoms with Crippen molar-refractivity contribution < 1.29 is 64.8 Å². The molecule has 23 heavy (non-hydrogen) atoms. The minimum Gasteiger partial charge on any atom is -0.229 e. The third kappa shape index (κ3) is 3.24. The van der Waals surface area contributed by atoms with Crippen molar-refractivity contribution in [1.29, 1.82) is 0 Å². The molecule has 0 aliphatic heterocycles. The molecule has 0 unspecified atom stereocenters. The first kappa shape index (κ1) is 22.2. The van der Waals surface area contributed by atoms with E-state index < -0.39 is 58.4 Å². The van der Waals surface area contributed by atoms with Crippen LogP contribution in [0, 0.1) is 0 Å². The van der Waals surface area contributed by atoms with E-state index in [1.54, 1.807) is 0 Å². The van der Waals surface area contributed by atoms with Gasteiger partial charge >= 0.3 is 23.3 Å². The highest BCUT2D eigenvalue weighted by Gasteiger charge is 2.86. The van der Waals surface area contributed by atoms with E-state index in [-0.39, 0.29) is 0 Å². The Labute approximate surface area is 124 Å². The highest BCUT2D eigenvalue weighted by atomic mass is 32.3. The molecule has 0 aromatic rings. The zero-order chi connectivity index (χ0) is 19.2. The van der Waals surface area contributed by atoms with E-state index in [9.17, 15) is 64.8 Å². The molecule has 0 aliphatic rings. The van der Waals surface area contributed by atoms with Gasteiger partial charge in [0.1, 0.15) is 0 Å². The molecule has 0 spiro atoms. The predicted octanol–water partition coefficient (Wildman–Crippen LogP) is 0.333. The molecule has 0 atom stereocenters. The summed E-state index contributed by atoms with van der Waals surface area (Å²) >= 11 is 0. The third-order valence-corrected chi connectivity index (χ3v) is 8.19. The molecule has 0 aliphatic carbocycles. The van der Waals surface area contributed by atoms with Gasteiger partial charge in [-0.3, -0.25) is 0 Å². The number of halogens is 9. The quantitative estimate of drug-likeness (QED) is 0.469. The van der Waals surface area contributed by atoms with Gasteiger partial charge in [-0.25, -0.2) is 25.3 Å². The van der Waals surface area contributed by atoms with Gasteiger partial charge in [0.2, 0.25) is 0 Å². The van der Waals surface area contributed by atoms with Crippen LogP contribution in [0.1, 0.15) is 0 Å². The van der Waals surface area contributed by atoms with Crippen molar-refractivity contribution in [1.82, 2.24) is 0 Å². The van der Waals surface area contributed by atoms with Crippen LogP contribution in [0.5, 0.6) is 0 Å². The molecule has 0 fully saturated rings. The summed E-state index contributed by atoms with van der Waals surface area (Å²) in [6.07, 6.45) is -7.36. The molecular formula is C5H3F9O6S3. The molecular weight excluding hydrogens is 423 g/mol. The Morgan fingerprint density at radius 3 is 1.17 bits per heavy atom. The SMILES string of the molecule is O=[SH](=O)C([SH](=O)=O)S(=O)(=O)C(F)(F)C(F)(F)C(F)(F)C(F)(F)F. The Hall–Kier alpha value is -0.780. The number of hydrogen-bond acceptors (Lipinski definition) is 6. The number of alkyl halides is 9. The van der Waals surface area contributed by atoms with E-state index in [0.29, 0.717) is 0 Å². The average molecular weight is 426 g/mol. The van der Waals surface area contributed by atoms with Crippen molar-refractivity contribution in [3.05, 3.63) is 0 Å². The van der Waals surface area contributed by atoms with Crippen molar-refractivity contribution in [2.75, 3.05) is 0 Å². The lowest BCUT2D eigenvalue weighted by molar-refractivity contribution is -0.382. The molecule has 0 aromatic carbocycles. The molecule has 18 heteroatoms. The number of sulfone groups is 1. The molecule has 0 bridgehead atoms. The van der Waals surface area contributed by atoms with Gasteiger partial charge in [-0.05, 0) is 0 Å². The Bertz CT molecular complexity index is 676. The maximum atomic E-state index is 13.1. The number of hydrogen-bond donors (Lipinski definition) is 2. The standard InChI is InChI=1S/C5H3F9O6S3/c6-2(7,4(10,11)12)3(8,9)5(13,14)23(19,20)1(21(15)16)22(17)18/h1,21-22H. The minimum atomic E-state index is -7.70. The van der Waals surface area contributed by atoms with Gasteiger partial charge < -0.3 is 0 Å². The summed E-state index contributed by atoms with van der Waals surface area (Å²) in [4.78, 5) is 0. The second-order valence-corrected chi connectivity index (χ2v) is 8.96. The first-order valence-electron chi connectivity index (χ1n) is 4.47. The fourth-order valence-corrected chi connectivity index (χ4v) is 4.95. The largest absolute Gasteiger partial charge is 0.460 e. The topological polar surface area (TPSA) is 102 Å². The zero-order valence-corrected chi connectivity index (χ0v) is 12.3. The van der Waals surface area contributed by atoms with Gasteiger partial charge in [0, 0.05) is 0 Å². The minimum absolute atomic E-state index is 4.34. The molecule has 0 rings (SSSR count). The Morgan fingerprint density at radius 2 is 0.957 bits per heavy atom. The lowest BCUT2D eigenvalue weighted by atomic mass is 10.1. The molecule has 0 saturated carbocycles. The van der Waals surface area contributed by atoms with Crippen molar-refractivity contribution in [3.8, 4) is 0 Å². The van der Waals surface area contributed by atoms with E-state index in [0.717, 1.165) is 0 Å². The Morgan fingerprint density at radius 1 is 0.652 bits per heavy atom. The summed E-state index contributed by atoms with van der Waals surface area (Å²) in [7, 11) is -17.5. The van der Waals surface area contributed by atoms with Crippen molar-refractivity contribution in [2.45, 2.75) is 27.2 Å². The normalized spacial score (nSPS) is 15.7. The monoisotopic (exact) mass is 426 g/mol. The summed E-state index contributed by atoms with van der Waals surface area (Å²) < 4.78 is 171. The fraction of sp³-hybridized carbons (Fsp3) is 1.00. The average Bonchev–Trinajstić information content (AvgIpc) is 2.24. The third-order valence-electron chi connectivity index (χ3n) is 2.11. The first-order chi connectivity index (χ1) is 9.76. The maximum Gasteiger partial charge on any atom is 0.460 e. The summed E-state index contributed by atoms with van der Waals surface area (Å²) in [5, 5.41) is -7.38. The predicted molar refractivity (Wildman–Crippen MR) is 54.2 cm³/mol. The van der Waals surface area contributed by atoms with E-state index in [2.05, 4.69) is 0 Å². The van der Waals surface area contributed by atoms with E-state index in [1.807, 2.05) is 0 Å². The van der Waals surface area contributed by atoms with Crippen LogP contribution in [0.25, 0.3) is 0 Å². The number of rotatable bonds is 6. The summed E-state index contributed by atoms with van der Waals surface area (Å²) in [5.41, 5.74) is 0. The van der Waals surface area contributed by atoms with Gasteiger partial charge in [0.05, 0.1) is 0 Å². The van der Waals surface area contributed by atoms with Gasteiger partial charge in [-0.1, -0.05) is 0 Å². The fourth-order valence-electron chi connectivity index (χ4n) is 0.975. The van der Waals surface area contributed by atoms with Gasteiger partial charge in [-0.15, -0.1) is 0 Å². The number of thiol groups is 2. The van der Waals surface area contributed by atoms with Crippen LogP contribution in [-0.4, -0.2) is 52.4 Å². The van der Waals surface area contributed by atoms with Crippen LogP contribution in [0.2, 0.25) is 0 Å². The smallest absolute Gasteiger partial charge is 0.229 e. The second-order valence-electron chi connectivity index (χ2n) is 3.61. The van der Waals surface area contributed by atoms with Crippen LogP contribution >= 0.6 is 0 Å². The van der Waals surface area contributed by atoms with Crippen LogP contribution in [0.4, 0.5) is 39.5 Å². The molecule has 0 saturated heterocycles. The molecule has 0 N–H and O–H groups in total. The van der Waals surface area contributed by atoms with E-state index in [1.165, 1.54) is 0 Å². The molecule has 0 radical (unpaired) electrons. The Kier molecular flexibility index (Phi) is 5.74. The summed E-state index contributed by atoms with van der Waals surface area (Å²) in [6.45, 7) is 0. The highest BCUT2D eigenvalue weighted by molar-refractivity contribution is 8.14. The van der Waals surface area contributed by atoms with Crippen LogP contribution in [0.3, 0.4) is 0 Å². The second kappa shape index (κ2) is 5.94. The van der Waals surface area contributed by atoms with Crippen molar-refractivity contribution in [2.24, 2.45) is 0 Å². The van der Waals surface area contributed by atoms with E-state index in [4.69, 9.17) is 0 Å². The van der Waals surface area contributed by atoms with E-state index >= 15 is 0 Å². The maximum absolute atomic E-state index is 13.1. The zero-order valence-electron chi connectivity index (χ0n) is 9.73. The van der Waals surface area contributed by atoms with Gasteiger partial charge in [0.25, 0.3) is 13.8 Å². The lowest BCUT2D eigenvalue weighted by Crippen LogP contribution is -2.64. The van der Waals surface area contributed by atoms with Crippen molar-refractivity contribution in [3.63, 3.8) is 0 Å². The Balaban J connectivity index is 6.58. The summed E-state index contributed by atoms with van der Waals surface area (Å²) in [5.74, 6) is -15.3. The summed E-state index contributed by atoms with van der Waals surface area (Å²) in [6, 6.07) is 0. The molecule has 0 heterocycles. The lowest BCUT2D eigenvalue weighted by Gasteiger charge is -2.33. The van der Waals surface area contributed by atoms with Crippen LogP contribution < -0.4 is 0 Å². The van der Waals surface area contributed by atoms with Gasteiger partial charge in [0.15, 0.2) is 21.4 Å². The molecule has 0 amide bonds. The van der Waals surface area contributed by atoms with Crippen LogP contribution in [-0.2, 0) is 31.2 Å².